The molecule has 0 aliphatic heterocycles. The molecular weight excluding hydrogens is 257 g/mol. The lowest BCUT2D eigenvalue weighted by Crippen LogP contribution is -2.12. The van der Waals surface area contributed by atoms with Gasteiger partial charge in [0, 0.05) is 11.8 Å². The summed E-state index contributed by atoms with van der Waals surface area (Å²) >= 11 is 4.88. The van der Waals surface area contributed by atoms with Crippen molar-refractivity contribution in [3.63, 3.8) is 0 Å². The molecule has 0 spiro atoms. The zero-order valence-electron chi connectivity index (χ0n) is 7.36. The van der Waals surface area contributed by atoms with E-state index < -0.39 is 34.7 Å². The zero-order chi connectivity index (χ0) is 12.5. The van der Waals surface area contributed by atoms with Crippen molar-refractivity contribution in [1.82, 2.24) is 4.98 Å². The molecule has 0 unspecified atom stereocenters. The lowest BCUT2D eigenvalue weighted by molar-refractivity contribution is -0.138. The normalized spacial score (nSPS) is 11.9. The van der Waals surface area contributed by atoms with Crippen LogP contribution in [0.1, 0.15) is 28.0 Å². The number of aromatic nitrogens is 1. The number of alkyl halides is 5. The number of nitrogens with zero attached hydrogens (tertiary/aromatic N) is 1. The molecule has 0 atom stereocenters. The molecule has 1 rings (SSSR count). The number of hydrogen-bond acceptors (Lipinski definition) is 2. The summed E-state index contributed by atoms with van der Waals surface area (Å²) < 4.78 is 61.2. The molecule has 0 fully saturated rings. The Labute approximate surface area is 91.0 Å². The molecule has 0 aliphatic carbocycles. The van der Waals surface area contributed by atoms with Gasteiger partial charge in [0.2, 0.25) is 0 Å². The summed E-state index contributed by atoms with van der Waals surface area (Å²) in [6, 6.07) is 0.336. The average Bonchev–Trinajstić information content (AvgIpc) is 2.15. The van der Waals surface area contributed by atoms with Gasteiger partial charge in [0.25, 0.3) is 11.7 Å². The van der Waals surface area contributed by atoms with Crippen LogP contribution in [-0.2, 0) is 6.18 Å². The van der Waals surface area contributed by atoms with E-state index in [4.69, 9.17) is 11.6 Å². The second-order valence-electron chi connectivity index (χ2n) is 2.73. The van der Waals surface area contributed by atoms with Crippen molar-refractivity contribution in [3.05, 3.63) is 29.1 Å². The van der Waals surface area contributed by atoms with E-state index in [2.05, 4.69) is 4.98 Å². The van der Waals surface area contributed by atoms with Gasteiger partial charge in [-0.05, 0) is 17.7 Å². The van der Waals surface area contributed by atoms with Crippen molar-refractivity contribution in [2.24, 2.45) is 0 Å². The van der Waals surface area contributed by atoms with Crippen LogP contribution in [0.2, 0.25) is 0 Å². The van der Waals surface area contributed by atoms with Crippen LogP contribution in [0.25, 0.3) is 0 Å². The first-order valence-corrected chi connectivity index (χ1v) is 4.16. The maximum Gasteiger partial charge on any atom is 0.418 e. The van der Waals surface area contributed by atoms with Gasteiger partial charge in [-0.1, -0.05) is 0 Å². The Balaban J connectivity index is 3.37. The van der Waals surface area contributed by atoms with Crippen molar-refractivity contribution in [3.8, 4) is 0 Å². The quantitative estimate of drug-likeness (QED) is 0.602. The van der Waals surface area contributed by atoms with Gasteiger partial charge in [0.1, 0.15) is 5.69 Å². The molecule has 88 valence electrons. The molecule has 1 heterocycles. The van der Waals surface area contributed by atoms with Crippen molar-refractivity contribution in [2.75, 3.05) is 0 Å². The smallest absolute Gasteiger partial charge is 0.276 e. The summed E-state index contributed by atoms with van der Waals surface area (Å²) in [6.45, 7) is 0. The Hall–Kier alpha value is -1.24. The van der Waals surface area contributed by atoms with E-state index >= 15 is 0 Å². The maximum atomic E-state index is 12.3. The second kappa shape index (κ2) is 4.32. The molecule has 0 aromatic carbocycles. The Morgan fingerprint density at radius 3 is 2.31 bits per heavy atom. The Morgan fingerprint density at radius 2 is 1.94 bits per heavy atom. The van der Waals surface area contributed by atoms with Crippen LogP contribution < -0.4 is 0 Å². The van der Waals surface area contributed by atoms with E-state index in [1.807, 2.05) is 0 Å². The predicted molar refractivity (Wildman–Crippen MR) is 44.4 cm³/mol. The fourth-order valence-corrected chi connectivity index (χ4v) is 1.14. The molecule has 1 aromatic rings. The van der Waals surface area contributed by atoms with Gasteiger partial charge in [-0.25, -0.2) is 8.78 Å². The minimum Gasteiger partial charge on any atom is -0.276 e. The Bertz CT molecular complexity index is 417. The van der Waals surface area contributed by atoms with E-state index in [9.17, 15) is 26.7 Å². The van der Waals surface area contributed by atoms with Gasteiger partial charge in [-0.15, -0.1) is 0 Å². The topological polar surface area (TPSA) is 30.0 Å². The molecule has 0 aliphatic rings. The van der Waals surface area contributed by atoms with Gasteiger partial charge < -0.3 is 0 Å². The minimum absolute atomic E-state index is 0.164. The summed E-state index contributed by atoms with van der Waals surface area (Å²) in [6.07, 6.45) is -7.78. The second-order valence-corrected chi connectivity index (χ2v) is 3.07. The van der Waals surface area contributed by atoms with Gasteiger partial charge in [-0.2, -0.15) is 13.2 Å². The third-order valence-corrected chi connectivity index (χ3v) is 1.87. The van der Waals surface area contributed by atoms with Gasteiger partial charge in [-0.3, -0.25) is 9.78 Å². The highest BCUT2D eigenvalue weighted by molar-refractivity contribution is 6.67. The highest BCUT2D eigenvalue weighted by Crippen LogP contribution is 2.33. The van der Waals surface area contributed by atoms with E-state index in [1.54, 1.807) is 0 Å². The summed E-state index contributed by atoms with van der Waals surface area (Å²) in [5, 5.41) is -1.46. The molecule has 0 N–H and O–H groups in total. The van der Waals surface area contributed by atoms with Crippen LogP contribution in [0.15, 0.2) is 12.3 Å². The van der Waals surface area contributed by atoms with Crippen molar-refractivity contribution in [2.45, 2.75) is 12.6 Å². The van der Waals surface area contributed by atoms with Crippen LogP contribution in [0.4, 0.5) is 22.0 Å². The first-order valence-electron chi connectivity index (χ1n) is 3.78. The lowest BCUT2D eigenvalue weighted by atomic mass is 10.1. The Kier molecular flexibility index (Phi) is 3.47. The van der Waals surface area contributed by atoms with E-state index in [1.165, 1.54) is 0 Å². The van der Waals surface area contributed by atoms with Crippen molar-refractivity contribution in [1.29, 1.82) is 0 Å². The van der Waals surface area contributed by atoms with Crippen LogP contribution >= 0.6 is 11.6 Å². The van der Waals surface area contributed by atoms with Crippen LogP contribution in [0.3, 0.4) is 0 Å². The van der Waals surface area contributed by atoms with E-state index in [0.29, 0.717) is 6.07 Å². The van der Waals surface area contributed by atoms with Gasteiger partial charge >= 0.3 is 6.18 Å². The molecule has 0 amide bonds. The SMILES string of the molecule is O=C(Cl)c1cc(C(F)F)ncc1C(F)(F)F. The molecule has 1 aromatic heterocycles. The van der Waals surface area contributed by atoms with Crippen LogP contribution in [-0.4, -0.2) is 10.2 Å². The summed E-state index contributed by atoms with van der Waals surface area (Å²) in [5.41, 5.74) is -3.40. The van der Waals surface area contributed by atoms with Gasteiger partial charge in [0.15, 0.2) is 0 Å². The maximum absolute atomic E-state index is 12.3. The average molecular weight is 260 g/mol. The van der Waals surface area contributed by atoms with E-state index in [-0.39, 0.29) is 6.20 Å². The Morgan fingerprint density at radius 1 is 1.38 bits per heavy atom. The number of halogens is 6. The largest absolute Gasteiger partial charge is 0.418 e. The first-order chi connectivity index (χ1) is 7.23. The lowest BCUT2D eigenvalue weighted by Gasteiger charge is -2.10. The molecule has 2 nitrogen and oxygen atoms in total. The summed E-state index contributed by atoms with van der Waals surface area (Å²) in [5.74, 6) is 0. The third-order valence-electron chi connectivity index (χ3n) is 1.67. The molecule has 0 radical (unpaired) electrons. The highest BCUT2D eigenvalue weighted by Gasteiger charge is 2.36. The number of carbonyl (C=O) groups excluding carboxylic acids is 1. The number of pyridine rings is 1. The third kappa shape index (κ3) is 2.66. The summed E-state index contributed by atoms with van der Waals surface area (Å²) in [7, 11) is 0. The van der Waals surface area contributed by atoms with Crippen LogP contribution in [0, 0.1) is 0 Å². The predicted octanol–water partition coefficient (Wildman–Crippen LogP) is 3.42. The molecule has 16 heavy (non-hydrogen) atoms. The molecule has 0 bridgehead atoms. The first kappa shape index (κ1) is 12.8. The number of carbonyl (C=O) groups is 1. The molecule has 8 heteroatoms. The summed E-state index contributed by atoms with van der Waals surface area (Å²) in [4.78, 5) is 13.6. The van der Waals surface area contributed by atoms with Crippen molar-refractivity contribution < 1.29 is 26.7 Å². The highest BCUT2D eigenvalue weighted by atomic mass is 35.5. The van der Waals surface area contributed by atoms with Gasteiger partial charge in [0.05, 0.1) is 5.56 Å². The molecule has 0 saturated carbocycles. The monoisotopic (exact) mass is 259 g/mol. The number of rotatable bonds is 2. The zero-order valence-corrected chi connectivity index (χ0v) is 8.11. The fourth-order valence-electron chi connectivity index (χ4n) is 0.979. The standard InChI is InChI=1S/C8H3ClF5NO/c9-6(16)3-1-5(7(10)11)15-2-4(3)8(12,13)14/h1-2,7H. The number of hydrogen-bond donors (Lipinski definition) is 0. The molecule has 0 saturated heterocycles. The fraction of sp³-hybridized carbons (Fsp3) is 0.250. The minimum atomic E-state index is -4.87. The molecular formula is C8H3ClF5NO. The van der Waals surface area contributed by atoms with E-state index in [0.717, 1.165) is 0 Å². The van der Waals surface area contributed by atoms with Crippen LogP contribution in [0.5, 0.6) is 0 Å². The van der Waals surface area contributed by atoms with Crippen molar-refractivity contribution >= 4 is 16.8 Å².